The topological polar surface area (TPSA) is 139 Å². The number of alkyl carbamates (subject to hydrolysis) is 1. The van der Waals surface area contributed by atoms with E-state index in [0.717, 1.165) is 6.92 Å². The number of aliphatic carboxylic acids is 2. The zero-order valence-corrected chi connectivity index (χ0v) is 12.2. The van der Waals surface area contributed by atoms with E-state index in [-0.39, 0.29) is 0 Å². The number of rotatable bonds is 6. The highest BCUT2D eigenvalue weighted by atomic mass is 16.6. The summed E-state index contributed by atoms with van der Waals surface area (Å²) in [6.07, 6.45) is -3.32. The Kier molecular flexibility index (Phi) is 6.64. The second-order valence-electron chi connectivity index (χ2n) is 5.21. The zero-order chi connectivity index (χ0) is 16.8. The van der Waals surface area contributed by atoms with E-state index in [0.29, 0.717) is 0 Å². The molecule has 0 saturated carbocycles. The molecule has 2 unspecified atom stereocenters. The number of ether oxygens (including phenoxy) is 2. The van der Waals surface area contributed by atoms with E-state index in [1.54, 1.807) is 20.8 Å². The Hall–Kier alpha value is -2.32. The van der Waals surface area contributed by atoms with Gasteiger partial charge in [0.1, 0.15) is 11.6 Å². The molecule has 0 fully saturated rings. The van der Waals surface area contributed by atoms with E-state index in [1.165, 1.54) is 0 Å². The van der Waals surface area contributed by atoms with Gasteiger partial charge in [-0.25, -0.2) is 14.4 Å². The summed E-state index contributed by atoms with van der Waals surface area (Å²) in [6.45, 7) is 5.75. The lowest BCUT2D eigenvalue weighted by atomic mass is 10.1. The van der Waals surface area contributed by atoms with Crippen molar-refractivity contribution in [1.29, 1.82) is 0 Å². The van der Waals surface area contributed by atoms with Gasteiger partial charge in [0.15, 0.2) is 0 Å². The lowest BCUT2D eigenvalue weighted by Crippen LogP contribution is -2.46. The Morgan fingerprint density at radius 2 is 1.62 bits per heavy atom. The summed E-state index contributed by atoms with van der Waals surface area (Å²) in [4.78, 5) is 44.2. The van der Waals surface area contributed by atoms with Crippen LogP contribution < -0.4 is 5.32 Å². The van der Waals surface area contributed by atoms with E-state index in [9.17, 15) is 19.2 Å². The number of esters is 1. The van der Waals surface area contributed by atoms with Gasteiger partial charge < -0.3 is 25.0 Å². The molecule has 0 aliphatic rings. The highest BCUT2D eigenvalue weighted by molar-refractivity contribution is 5.82. The molecule has 3 N–H and O–H groups in total. The van der Waals surface area contributed by atoms with Crippen molar-refractivity contribution in [2.24, 2.45) is 0 Å². The van der Waals surface area contributed by atoms with Crippen molar-refractivity contribution < 1.29 is 38.9 Å². The number of carboxylic acid groups (broad SMARTS) is 2. The second-order valence-corrected chi connectivity index (χ2v) is 5.21. The number of amides is 1. The van der Waals surface area contributed by atoms with Crippen LogP contribution in [-0.2, 0) is 23.9 Å². The van der Waals surface area contributed by atoms with Crippen LogP contribution >= 0.6 is 0 Å². The van der Waals surface area contributed by atoms with E-state index in [1.807, 2.05) is 5.32 Å². The number of hydrogen-bond acceptors (Lipinski definition) is 6. The molecule has 1 amide bonds. The number of nitrogens with one attached hydrogen (secondary N) is 1. The SMILES string of the molecule is CC(=O)OC(CC(NC(=O)OC(C)(C)C)C(=O)O)C(=O)O. The molecule has 9 nitrogen and oxygen atoms in total. The van der Waals surface area contributed by atoms with Crippen LogP contribution in [0.5, 0.6) is 0 Å². The van der Waals surface area contributed by atoms with Gasteiger partial charge in [-0.1, -0.05) is 0 Å². The Balaban J connectivity index is 4.82. The zero-order valence-electron chi connectivity index (χ0n) is 12.2. The Morgan fingerprint density at radius 3 is 1.95 bits per heavy atom. The van der Waals surface area contributed by atoms with Crippen molar-refractivity contribution in [3.05, 3.63) is 0 Å². The molecule has 0 aliphatic carbocycles. The fourth-order valence-corrected chi connectivity index (χ4v) is 1.29. The fourth-order valence-electron chi connectivity index (χ4n) is 1.29. The Morgan fingerprint density at radius 1 is 1.10 bits per heavy atom. The van der Waals surface area contributed by atoms with Crippen LogP contribution in [0.3, 0.4) is 0 Å². The van der Waals surface area contributed by atoms with Crippen LogP contribution in [0.2, 0.25) is 0 Å². The maximum atomic E-state index is 11.5. The van der Waals surface area contributed by atoms with Gasteiger partial charge in [0.05, 0.1) is 0 Å². The average Bonchev–Trinajstić information content (AvgIpc) is 2.23. The molecule has 21 heavy (non-hydrogen) atoms. The molecule has 0 heterocycles. The van der Waals surface area contributed by atoms with Crippen molar-refractivity contribution in [2.45, 2.75) is 51.9 Å². The van der Waals surface area contributed by atoms with E-state index >= 15 is 0 Å². The average molecular weight is 305 g/mol. The van der Waals surface area contributed by atoms with Crippen molar-refractivity contribution >= 4 is 24.0 Å². The first-order chi connectivity index (χ1) is 9.42. The molecular weight excluding hydrogens is 286 g/mol. The first kappa shape index (κ1) is 18.7. The molecular formula is C12H19NO8. The summed E-state index contributed by atoms with van der Waals surface area (Å²) >= 11 is 0. The lowest BCUT2D eigenvalue weighted by molar-refractivity contribution is -0.164. The number of carboxylic acids is 2. The van der Waals surface area contributed by atoms with Crippen LogP contribution in [0.1, 0.15) is 34.1 Å². The van der Waals surface area contributed by atoms with Crippen LogP contribution in [0.25, 0.3) is 0 Å². The number of carbonyl (C=O) groups excluding carboxylic acids is 2. The molecule has 0 radical (unpaired) electrons. The molecule has 9 heteroatoms. The molecule has 0 aromatic heterocycles. The van der Waals surface area contributed by atoms with Gasteiger partial charge in [0, 0.05) is 13.3 Å². The highest BCUT2D eigenvalue weighted by Crippen LogP contribution is 2.09. The summed E-state index contributed by atoms with van der Waals surface area (Å²) < 4.78 is 9.35. The molecule has 120 valence electrons. The predicted molar refractivity (Wildman–Crippen MR) is 68.6 cm³/mol. The molecule has 0 aliphatic heterocycles. The van der Waals surface area contributed by atoms with Gasteiger partial charge >= 0.3 is 24.0 Å². The Labute approximate surface area is 121 Å². The van der Waals surface area contributed by atoms with Crippen LogP contribution in [0.15, 0.2) is 0 Å². The molecule has 0 bridgehead atoms. The van der Waals surface area contributed by atoms with Crippen LogP contribution in [0.4, 0.5) is 4.79 Å². The fraction of sp³-hybridized carbons (Fsp3) is 0.667. The second kappa shape index (κ2) is 7.46. The molecule has 2 atom stereocenters. The van der Waals surface area contributed by atoms with Gasteiger partial charge in [-0.05, 0) is 20.8 Å². The lowest BCUT2D eigenvalue weighted by Gasteiger charge is -2.23. The monoisotopic (exact) mass is 305 g/mol. The quantitative estimate of drug-likeness (QED) is 0.598. The molecule has 0 aromatic carbocycles. The van der Waals surface area contributed by atoms with Crippen molar-refractivity contribution in [3.8, 4) is 0 Å². The first-order valence-electron chi connectivity index (χ1n) is 6.04. The van der Waals surface area contributed by atoms with Gasteiger partial charge in [0.2, 0.25) is 6.10 Å². The van der Waals surface area contributed by atoms with Gasteiger partial charge in [-0.2, -0.15) is 0 Å². The van der Waals surface area contributed by atoms with Crippen LogP contribution in [0, 0.1) is 0 Å². The summed E-state index contributed by atoms with van der Waals surface area (Å²) in [5.74, 6) is -3.86. The van der Waals surface area contributed by atoms with Crippen LogP contribution in [-0.4, -0.2) is 52.0 Å². The molecule has 0 saturated heterocycles. The summed E-state index contributed by atoms with van der Waals surface area (Å²) in [5.41, 5.74) is -0.838. The third kappa shape index (κ3) is 8.45. The van der Waals surface area contributed by atoms with E-state index in [4.69, 9.17) is 14.9 Å². The molecule has 0 aromatic rings. The normalized spacial score (nSPS) is 13.7. The van der Waals surface area contributed by atoms with Crippen molar-refractivity contribution in [3.63, 3.8) is 0 Å². The highest BCUT2D eigenvalue weighted by Gasteiger charge is 2.31. The largest absolute Gasteiger partial charge is 0.480 e. The minimum Gasteiger partial charge on any atom is -0.480 e. The van der Waals surface area contributed by atoms with Crippen molar-refractivity contribution in [1.82, 2.24) is 5.32 Å². The summed E-state index contributed by atoms with van der Waals surface area (Å²) in [5, 5.41) is 19.9. The van der Waals surface area contributed by atoms with E-state index in [2.05, 4.69) is 4.74 Å². The molecule has 0 rings (SSSR count). The maximum Gasteiger partial charge on any atom is 0.408 e. The van der Waals surface area contributed by atoms with E-state index < -0.39 is 48.2 Å². The van der Waals surface area contributed by atoms with Gasteiger partial charge in [-0.15, -0.1) is 0 Å². The summed E-state index contributed by atoms with van der Waals surface area (Å²) in [7, 11) is 0. The third-order valence-electron chi connectivity index (χ3n) is 2.02. The minimum absolute atomic E-state index is 0.622. The van der Waals surface area contributed by atoms with Crippen molar-refractivity contribution in [2.75, 3.05) is 0 Å². The minimum atomic E-state index is -1.68. The molecule has 0 spiro atoms. The van der Waals surface area contributed by atoms with Gasteiger partial charge in [0.25, 0.3) is 0 Å². The Bertz CT molecular complexity index is 425. The smallest absolute Gasteiger partial charge is 0.408 e. The maximum absolute atomic E-state index is 11.5. The number of carbonyl (C=O) groups is 4. The summed E-state index contributed by atoms with van der Waals surface area (Å²) in [6, 6.07) is -1.57. The predicted octanol–water partition coefficient (Wildman–Crippen LogP) is 0.371. The standard InChI is InChI=1S/C12H19NO8/c1-6(14)20-8(10(17)18)5-7(9(15)16)13-11(19)21-12(2,3)4/h7-8H,5H2,1-4H3,(H,13,19)(H,15,16)(H,17,18). The van der Waals surface area contributed by atoms with Gasteiger partial charge in [-0.3, -0.25) is 4.79 Å². The number of hydrogen-bond donors (Lipinski definition) is 3. The first-order valence-corrected chi connectivity index (χ1v) is 6.04. The third-order valence-corrected chi connectivity index (χ3v) is 2.02.